The molecule has 3 aromatic carbocycles. The summed E-state index contributed by atoms with van der Waals surface area (Å²) < 4.78 is 6.13. The first-order chi connectivity index (χ1) is 14.0. The summed E-state index contributed by atoms with van der Waals surface area (Å²) in [6.07, 6.45) is 0.0415. The highest BCUT2D eigenvalue weighted by Gasteiger charge is 2.25. The van der Waals surface area contributed by atoms with Gasteiger partial charge >= 0.3 is 0 Å². The van der Waals surface area contributed by atoms with E-state index in [0.29, 0.717) is 6.42 Å². The van der Waals surface area contributed by atoms with Gasteiger partial charge in [-0.1, -0.05) is 73.7 Å². The van der Waals surface area contributed by atoms with Gasteiger partial charge < -0.3 is 10.1 Å². The second-order valence-electron chi connectivity index (χ2n) is 7.42. The minimum absolute atomic E-state index is 0.106. The molecule has 0 aromatic heterocycles. The Morgan fingerprint density at radius 3 is 2.21 bits per heavy atom. The molecule has 2 unspecified atom stereocenters. The summed E-state index contributed by atoms with van der Waals surface area (Å²) in [4.78, 5) is 13.2. The van der Waals surface area contributed by atoms with Crippen molar-refractivity contribution in [1.82, 2.24) is 5.32 Å². The van der Waals surface area contributed by atoms with Gasteiger partial charge in [-0.15, -0.1) is 0 Å². The first-order valence-electron chi connectivity index (χ1n) is 10.1. The number of rotatable bonds is 7. The molecular formula is C26H29NO2. The van der Waals surface area contributed by atoms with Crippen LogP contribution >= 0.6 is 0 Å². The zero-order valence-corrected chi connectivity index (χ0v) is 17.6. The molecule has 0 aliphatic heterocycles. The van der Waals surface area contributed by atoms with Gasteiger partial charge in [-0.3, -0.25) is 4.79 Å². The van der Waals surface area contributed by atoms with Crippen molar-refractivity contribution < 1.29 is 9.53 Å². The molecule has 0 fully saturated rings. The molecule has 2 atom stereocenters. The van der Waals surface area contributed by atoms with Crippen molar-refractivity contribution in [2.24, 2.45) is 0 Å². The summed E-state index contributed by atoms with van der Waals surface area (Å²) in [5, 5.41) is 3.23. The average Bonchev–Trinajstić information content (AvgIpc) is 2.74. The van der Waals surface area contributed by atoms with Crippen LogP contribution in [0.1, 0.15) is 47.2 Å². The van der Waals surface area contributed by atoms with Gasteiger partial charge in [-0.05, 0) is 61.1 Å². The van der Waals surface area contributed by atoms with Crippen molar-refractivity contribution in [2.75, 3.05) is 0 Å². The number of carbonyl (C=O) groups excluding carboxylic acids is 1. The van der Waals surface area contributed by atoms with E-state index in [1.54, 1.807) is 0 Å². The maximum atomic E-state index is 13.2. The maximum absolute atomic E-state index is 13.2. The molecule has 0 heterocycles. The van der Waals surface area contributed by atoms with Gasteiger partial charge in [0.05, 0.1) is 6.04 Å². The van der Waals surface area contributed by atoms with Crippen LogP contribution in [0.5, 0.6) is 5.75 Å². The SMILES string of the molecule is CCC(Oc1cccc(C)c1C)C(=O)NC(c1ccccc1)c1ccccc1C. The van der Waals surface area contributed by atoms with Crippen LogP contribution in [0.2, 0.25) is 0 Å². The molecule has 0 aliphatic carbocycles. The van der Waals surface area contributed by atoms with E-state index in [2.05, 4.69) is 24.4 Å². The monoisotopic (exact) mass is 387 g/mol. The summed E-state index contributed by atoms with van der Waals surface area (Å²) >= 11 is 0. The Hall–Kier alpha value is -3.07. The van der Waals surface area contributed by atoms with E-state index in [4.69, 9.17) is 4.74 Å². The van der Waals surface area contributed by atoms with E-state index in [1.807, 2.05) is 81.4 Å². The largest absolute Gasteiger partial charge is 0.480 e. The third kappa shape index (κ3) is 4.86. The van der Waals surface area contributed by atoms with Crippen molar-refractivity contribution >= 4 is 5.91 Å². The molecule has 3 aromatic rings. The van der Waals surface area contributed by atoms with E-state index in [-0.39, 0.29) is 11.9 Å². The number of aryl methyl sites for hydroxylation is 2. The number of ether oxygens (including phenoxy) is 1. The van der Waals surface area contributed by atoms with Crippen LogP contribution in [0.4, 0.5) is 0 Å². The Labute approximate surface area is 173 Å². The molecule has 3 rings (SSSR count). The maximum Gasteiger partial charge on any atom is 0.261 e. The third-order valence-electron chi connectivity index (χ3n) is 5.41. The third-order valence-corrected chi connectivity index (χ3v) is 5.41. The molecule has 0 aliphatic rings. The highest BCUT2D eigenvalue weighted by molar-refractivity contribution is 5.82. The van der Waals surface area contributed by atoms with Crippen LogP contribution in [0.3, 0.4) is 0 Å². The van der Waals surface area contributed by atoms with Crippen molar-refractivity contribution in [2.45, 2.75) is 46.3 Å². The Bertz CT molecular complexity index is 965. The van der Waals surface area contributed by atoms with Gasteiger partial charge in [0, 0.05) is 0 Å². The van der Waals surface area contributed by atoms with Gasteiger partial charge in [-0.2, -0.15) is 0 Å². The standard InChI is InChI=1S/C26H29NO2/c1-5-23(29-24-17-11-13-18(2)20(24)4)26(28)27-25(21-14-7-6-8-15-21)22-16-10-9-12-19(22)3/h6-17,23,25H,5H2,1-4H3,(H,27,28). The molecule has 1 amide bonds. The first kappa shape index (κ1) is 20.7. The fraction of sp³-hybridized carbons (Fsp3) is 0.269. The molecule has 150 valence electrons. The molecule has 0 bridgehead atoms. The van der Waals surface area contributed by atoms with E-state index in [0.717, 1.165) is 33.6 Å². The van der Waals surface area contributed by atoms with Crippen LogP contribution in [0.15, 0.2) is 72.8 Å². The quantitative estimate of drug-likeness (QED) is 0.567. The van der Waals surface area contributed by atoms with Gasteiger partial charge in [0.1, 0.15) is 5.75 Å². The summed E-state index contributed by atoms with van der Waals surface area (Å²) in [5.41, 5.74) is 5.51. The normalized spacial score (nSPS) is 12.8. The lowest BCUT2D eigenvalue weighted by Gasteiger charge is -2.25. The Kier molecular flexibility index (Phi) is 6.71. The number of benzene rings is 3. The lowest BCUT2D eigenvalue weighted by Crippen LogP contribution is -2.40. The molecule has 3 heteroatoms. The van der Waals surface area contributed by atoms with Crippen LogP contribution in [0, 0.1) is 20.8 Å². The summed E-state index contributed by atoms with van der Waals surface area (Å²) in [6.45, 7) is 8.12. The molecule has 3 nitrogen and oxygen atoms in total. The summed E-state index contributed by atoms with van der Waals surface area (Å²) in [6, 6.07) is 23.9. The smallest absolute Gasteiger partial charge is 0.261 e. The van der Waals surface area contributed by atoms with Crippen LogP contribution in [-0.4, -0.2) is 12.0 Å². The minimum atomic E-state index is -0.550. The first-order valence-corrected chi connectivity index (χ1v) is 10.1. The summed E-state index contributed by atoms with van der Waals surface area (Å²) in [7, 11) is 0. The van der Waals surface area contributed by atoms with Gasteiger partial charge in [0.2, 0.25) is 0 Å². The van der Waals surface area contributed by atoms with E-state index in [9.17, 15) is 4.79 Å². The zero-order valence-electron chi connectivity index (χ0n) is 17.6. The molecule has 1 N–H and O–H groups in total. The van der Waals surface area contributed by atoms with Crippen LogP contribution < -0.4 is 10.1 Å². The molecule has 29 heavy (non-hydrogen) atoms. The predicted octanol–water partition coefficient (Wildman–Crippen LogP) is 5.68. The van der Waals surface area contributed by atoms with Crippen molar-refractivity contribution in [3.05, 3.63) is 101 Å². The Morgan fingerprint density at radius 2 is 1.52 bits per heavy atom. The van der Waals surface area contributed by atoms with Gasteiger partial charge in [-0.25, -0.2) is 0 Å². The Morgan fingerprint density at radius 1 is 0.862 bits per heavy atom. The number of hydrogen-bond donors (Lipinski definition) is 1. The van der Waals surface area contributed by atoms with Crippen LogP contribution in [0.25, 0.3) is 0 Å². The van der Waals surface area contributed by atoms with Crippen molar-refractivity contribution in [1.29, 1.82) is 0 Å². The molecule has 0 radical (unpaired) electrons. The molecule has 0 saturated heterocycles. The van der Waals surface area contributed by atoms with E-state index >= 15 is 0 Å². The average molecular weight is 388 g/mol. The fourth-order valence-corrected chi connectivity index (χ4v) is 3.46. The second kappa shape index (κ2) is 9.42. The lowest BCUT2D eigenvalue weighted by atomic mass is 9.94. The second-order valence-corrected chi connectivity index (χ2v) is 7.42. The zero-order chi connectivity index (χ0) is 20.8. The minimum Gasteiger partial charge on any atom is -0.480 e. The van der Waals surface area contributed by atoms with Crippen molar-refractivity contribution in [3.8, 4) is 5.75 Å². The van der Waals surface area contributed by atoms with E-state index in [1.165, 1.54) is 0 Å². The topological polar surface area (TPSA) is 38.3 Å². The highest BCUT2D eigenvalue weighted by atomic mass is 16.5. The number of hydrogen-bond acceptors (Lipinski definition) is 2. The van der Waals surface area contributed by atoms with Crippen molar-refractivity contribution in [3.63, 3.8) is 0 Å². The number of nitrogens with one attached hydrogen (secondary N) is 1. The molecule has 0 saturated carbocycles. The number of amides is 1. The Balaban J connectivity index is 1.87. The van der Waals surface area contributed by atoms with Gasteiger partial charge in [0.15, 0.2) is 6.10 Å². The predicted molar refractivity (Wildman–Crippen MR) is 118 cm³/mol. The molecule has 0 spiro atoms. The van der Waals surface area contributed by atoms with E-state index < -0.39 is 6.10 Å². The fourth-order valence-electron chi connectivity index (χ4n) is 3.46. The van der Waals surface area contributed by atoms with Crippen LogP contribution in [-0.2, 0) is 4.79 Å². The lowest BCUT2D eigenvalue weighted by molar-refractivity contribution is -0.128. The van der Waals surface area contributed by atoms with Gasteiger partial charge in [0.25, 0.3) is 5.91 Å². The summed E-state index contributed by atoms with van der Waals surface area (Å²) in [5.74, 6) is 0.657. The highest BCUT2D eigenvalue weighted by Crippen LogP contribution is 2.26. The molecular weight excluding hydrogens is 358 g/mol. The number of carbonyl (C=O) groups is 1.